The van der Waals surface area contributed by atoms with Crippen LogP contribution in [0.2, 0.25) is 0 Å². The lowest BCUT2D eigenvalue weighted by molar-refractivity contribution is -0.384. The van der Waals surface area contributed by atoms with Crippen LogP contribution in [-0.2, 0) is 4.79 Å². The standard InChI is InChI=1S/C16H20BrN3O4/c17-11-3-4-14(15(5-11)20(23)24)18-12-6-13(7-12)19(9-16(21)22)8-10-1-2-10/h3-5,10,12-13,18H,1-2,6-9H2,(H,21,22). The van der Waals surface area contributed by atoms with Crippen molar-refractivity contribution in [2.24, 2.45) is 5.92 Å². The molecule has 0 spiro atoms. The van der Waals surface area contributed by atoms with Crippen molar-refractivity contribution in [3.05, 3.63) is 32.8 Å². The van der Waals surface area contributed by atoms with Gasteiger partial charge < -0.3 is 10.4 Å². The quantitative estimate of drug-likeness (QED) is 0.516. The highest BCUT2D eigenvalue weighted by atomic mass is 79.9. The average Bonchev–Trinajstić information content (AvgIpc) is 3.26. The lowest BCUT2D eigenvalue weighted by atomic mass is 9.85. The largest absolute Gasteiger partial charge is 0.480 e. The van der Waals surface area contributed by atoms with Gasteiger partial charge in [-0.3, -0.25) is 19.8 Å². The maximum Gasteiger partial charge on any atom is 0.317 e. The van der Waals surface area contributed by atoms with E-state index in [1.54, 1.807) is 12.1 Å². The minimum absolute atomic E-state index is 0.0493. The smallest absolute Gasteiger partial charge is 0.317 e. The van der Waals surface area contributed by atoms with Gasteiger partial charge in [0.25, 0.3) is 5.69 Å². The van der Waals surface area contributed by atoms with Gasteiger partial charge in [0.05, 0.1) is 11.5 Å². The average molecular weight is 398 g/mol. The molecular formula is C16H20BrN3O4. The molecule has 2 aliphatic rings. The Labute approximate surface area is 148 Å². The SMILES string of the molecule is O=C(O)CN(CC1CC1)C1CC(Nc2ccc(Br)cc2[N+](=O)[O-])C1. The summed E-state index contributed by atoms with van der Waals surface area (Å²) in [5.41, 5.74) is 0.562. The van der Waals surface area contributed by atoms with E-state index in [2.05, 4.69) is 21.2 Å². The van der Waals surface area contributed by atoms with Crippen molar-refractivity contribution in [2.45, 2.75) is 37.8 Å². The van der Waals surface area contributed by atoms with E-state index in [-0.39, 0.29) is 24.3 Å². The topological polar surface area (TPSA) is 95.7 Å². The molecule has 0 atom stereocenters. The van der Waals surface area contributed by atoms with Crippen molar-refractivity contribution in [3.63, 3.8) is 0 Å². The minimum Gasteiger partial charge on any atom is -0.480 e. The molecule has 0 aromatic heterocycles. The fraction of sp³-hybridized carbons (Fsp3) is 0.562. The molecule has 0 radical (unpaired) electrons. The Bertz CT molecular complexity index is 644. The number of nitrogens with one attached hydrogen (secondary N) is 1. The number of carboxylic acid groups (broad SMARTS) is 1. The number of rotatable bonds is 8. The molecule has 8 heteroatoms. The van der Waals surface area contributed by atoms with Crippen molar-refractivity contribution in [2.75, 3.05) is 18.4 Å². The molecule has 3 rings (SSSR count). The minimum atomic E-state index is -0.796. The molecular weight excluding hydrogens is 378 g/mol. The van der Waals surface area contributed by atoms with Gasteiger partial charge in [0.2, 0.25) is 0 Å². The number of benzene rings is 1. The fourth-order valence-electron chi connectivity index (χ4n) is 3.15. The number of aliphatic carboxylic acids is 1. The Morgan fingerprint density at radius 3 is 2.71 bits per heavy atom. The molecule has 0 bridgehead atoms. The van der Waals surface area contributed by atoms with Crippen molar-refractivity contribution < 1.29 is 14.8 Å². The summed E-state index contributed by atoms with van der Waals surface area (Å²) < 4.78 is 0.670. The van der Waals surface area contributed by atoms with Gasteiger partial charge in [-0.1, -0.05) is 15.9 Å². The number of hydrogen-bond donors (Lipinski definition) is 2. The first-order valence-electron chi connectivity index (χ1n) is 8.08. The van der Waals surface area contributed by atoms with Gasteiger partial charge in [0.15, 0.2) is 0 Å². The molecule has 2 aliphatic carbocycles. The number of hydrogen-bond acceptors (Lipinski definition) is 5. The predicted molar refractivity (Wildman–Crippen MR) is 93.2 cm³/mol. The molecule has 1 aromatic carbocycles. The number of nitrogens with zero attached hydrogens (tertiary/aromatic N) is 2. The maximum atomic E-state index is 11.2. The zero-order valence-electron chi connectivity index (χ0n) is 13.2. The van der Waals surface area contributed by atoms with Gasteiger partial charge in [-0.15, -0.1) is 0 Å². The molecule has 0 aliphatic heterocycles. The number of nitro benzene ring substituents is 1. The summed E-state index contributed by atoms with van der Waals surface area (Å²) in [6, 6.07) is 5.35. The Morgan fingerprint density at radius 2 is 2.12 bits per heavy atom. The van der Waals surface area contributed by atoms with Crippen LogP contribution >= 0.6 is 15.9 Å². The first-order chi connectivity index (χ1) is 11.4. The van der Waals surface area contributed by atoms with E-state index in [1.807, 2.05) is 4.90 Å². The van der Waals surface area contributed by atoms with E-state index in [9.17, 15) is 14.9 Å². The maximum absolute atomic E-state index is 11.2. The molecule has 0 heterocycles. The number of carboxylic acids is 1. The Balaban J connectivity index is 1.58. The summed E-state index contributed by atoms with van der Waals surface area (Å²) in [6.07, 6.45) is 4.01. The summed E-state index contributed by atoms with van der Waals surface area (Å²) >= 11 is 3.25. The molecule has 130 valence electrons. The van der Waals surface area contributed by atoms with Gasteiger partial charge in [-0.25, -0.2) is 0 Å². The highest BCUT2D eigenvalue weighted by molar-refractivity contribution is 9.10. The van der Waals surface area contributed by atoms with Gasteiger partial charge in [0.1, 0.15) is 5.69 Å². The van der Waals surface area contributed by atoms with Crippen molar-refractivity contribution in [3.8, 4) is 0 Å². The Morgan fingerprint density at radius 1 is 1.42 bits per heavy atom. The molecule has 24 heavy (non-hydrogen) atoms. The van der Waals surface area contributed by atoms with Crippen LogP contribution in [-0.4, -0.2) is 46.1 Å². The fourth-order valence-corrected chi connectivity index (χ4v) is 3.50. The monoisotopic (exact) mass is 397 g/mol. The normalized spacial score (nSPS) is 22.9. The zero-order chi connectivity index (χ0) is 17.3. The van der Waals surface area contributed by atoms with Gasteiger partial charge >= 0.3 is 5.97 Å². The summed E-state index contributed by atoms with van der Waals surface area (Å²) in [6.45, 7) is 0.925. The second-order valence-corrected chi connectivity index (χ2v) is 7.57. The van der Waals surface area contributed by atoms with E-state index >= 15 is 0 Å². The predicted octanol–water partition coefficient (Wildman–Crippen LogP) is 3.10. The Hall–Kier alpha value is -1.67. The van der Waals surface area contributed by atoms with E-state index < -0.39 is 10.9 Å². The molecule has 0 saturated heterocycles. The van der Waals surface area contributed by atoms with Crippen LogP contribution in [0.15, 0.2) is 22.7 Å². The van der Waals surface area contributed by atoms with Crippen LogP contribution in [0, 0.1) is 16.0 Å². The second-order valence-electron chi connectivity index (χ2n) is 6.65. The van der Waals surface area contributed by atoms with Gasteiger partial charge in [-0.05, 0) is 43.7 Å². The highest BCUT2D eigenvalue weighted by Crippen LogP contribution is 2.36. The first-order valence-corrected chi connectivity index (χ1v) is 8.88. The van der Waals surface area contributed by atoms with Crippen LogP contribution in [0.25, 0.3) is 0 Å². The van der Waals surface area contributed by atoms with Crippen LogP contribution < -0.4 is 5.32 Å². The molecule has 0 amide bonds. The number of anilines is 1. The molecule has 7 nitrogen and oxygen atoms in total. The summed E-state index contributed by atoms with van der Waals surface area (Å²) in [7, 11) is 0. The van der Waals surface area contributed by atoms with E-state index in [0.717, 1.165) is 19.4 Å². The molecule has 1 aromatic rings. The van der Waals surface area contributed by atoms with Crippen molar-refractivity contribution in [1.29, 1.82) is 0 Å². The van der Waals surface area contributed by atoms with Crippen LogP contribution in [0.5, 0.6) is 0 Å². The van der Waals surface area contributed by atoms with Crippen molar-refractivity contribution >= 4 is 33.3 Å². The third-order valence-corrected chi connectivity index (χ3v) is 5.17. The lowest BCUT2D eigenvalue weighted by Crippen LogP contribution is -2.52. The summed E-state index contributed by atoms with van der Waals surface area (Å²) in [5, 5.41) is 23.5. The lowest BCUT2D eigenvalue weighted by Gasteiger charge is -2.43. The second kappa shape index (κ2) is 7.06. The zero-order valence-corrected chi connectivity index (χ0v) is 14.7. The third-order valence-electron chi connectivity index (χ3n) is 4.67. The number of carbonyl (C=O) groups is 1. The van der Waals surface area contributed by atoms with Crippen molar-refractivity contribution in [1.82, 2.24) is 4.90 Å². The van der Waals surface area contributed by atoms with Gasteiger partial charge in [-0.2, -0.15) is 0 Å². The number of halogens is 1. The summed E-state index contributed by atoms with van der Waals surface area (Å²) in [5.74, 6) is -0.153. The van der Waals surface area contributed by atoms with E-state index in [1.165, 1.54) is 18.9 Å². The Kier molecular flexibility index (Phi) is 5.05. The van der Waals surface area contributed by atoms with E-state index in [0.29, 0.717) is 16.1 Å². The molecule has 0 unspecified atom stereocenters. The first kappa shape index (κ1) is 17.2. The van der Waals surface area contributed by atoms with Crippen LogP contribution in [0.3, 0.4) is 0 Å². The highest BCUT2D eigenvalue weighted by Gasteiger charge is 2.37. The van der Waals surface area contributed by atoms with Crippen LogP contribution in [0.4, 0.5) is 11.4 Å². The molecule has 2 fully saturated rings. The molecule has 2 saturated carbocycles. The number of nitro groups is 1. The van der Waals surface area contributed by atoms with Crippen LogP contribution in [0.1, 0.15) is 25.7 Å². The van der Waals surface area contributed by atoms with Gasteiger partial charge in [0, 0.05) is 29.2 Å². The van der Waals surface area contributed by atoms with E-state index in [4.69, 9.17) is 5.11 Å². The summed E-state index contributed by atoms with van der Waals surface area (Å²) in [4.78, 5) is 23.9. The molecule has 2 N–H and O–H groups in total. The third kappa shape index (κ3) is 4.24.